The number of nitrogens with zero attached hydrogens (tertiary/aromatic N) is 2. The Kier molecular flexibility index (Phi) is 9.34. The number of thioether (sulfide) groups is 1. The van der Waals surface area contributed by atoms with Crippen LogP contribution < -0.4 is 4.74 Å². The molecule has 0 radical (unpaired) electrons. The minimum absolute atomic E-state index is 0.0645. The second-order valence-corrected chi connectivity index (χ2v) is 10.9. The Morgan fingerprint density at radius 3 is 2.78 bits per heavy atom. The zero-order valence-electron chi connectivity index (χ0n) is 20.0. The van der Waals surface area contributed by atoms with Gasteiger partial charge in [0.1, 0.15) is 11.9 Å². The molecule has 1 aliphatic rings. The number of aromatic nitrogens is 1. The van der Waals surface area contributed by atoms with Crippen LogP contribution >= 0.6 is 35.0 Å². The number of benzene rings is 2. The van der Waals surface area contributed by atoms with Crippen LogP contribution in [-0.2, 0) is 4.79 Å². The van der Waals surface area contributed by atoms with Crippen LogP contribution in [0.2, 0.25) is 10.0 Å². The minimum Gasteiger partial charge on any atom is -0.497 e. The number of rotatable bonds is 10. The lowest BCUT2D eigenvalue weighted by atomic mass is 9.81. The smallest absolute Gasteiger partial charge is 0.308 e. The van der Waals surface area contributed by atoms with Crippen LogP contribution in [0.1, 0.15) is 31.0 Å². The zero-order valence-corrected chi connectivity index (χ0v) is 22.3. The van der Waals surface area contributed by atoms with Gasteiger partial charge in [-0.3, -0.25) is 9.78 Å². The summed E-state index contributed by atoms with van der Waals surface area (Å²) in [5.41, 5.74) is 1.28. The van der Waals surface area contributed by atoms with E-state index in [9.17, 15) is 9.90 Å². The van der Waals surface area contributed by atoms with Gasteiger partial charge in [-0.2, -0.15) is 0 Å². The molecule has 9 heteroatoms. The highest BCUT2D eigenvalue weighted by Gasteiger charge is 2.34. The van der Waals surface area contributed by atoms with E-state index in [4.69, 9.17) is 27.9 Å². The number of carboxylic acids is 1. The fourth-order valence-corrected chi connectivity index (χ4v) is 6.55. The Bertz CT molecular complexity index is 1190. The van der Waals surface area contributed by atoms with Crippen LogP contribution in [0.5, 0.6) is 5.75 Å². The molecule has 0 bridgehead atoms. The summed E-state index contributed by atoms with van der Waals surface area (Å²) in [7, 11) is 1.58. The third kappa shape index (κ3) is 6.43. The van der Waals surface area contributed by atoms with E-state index in [1.54, 1.807) is 43.3 Å². The molecular formula is C27H29Cl2FN2O3S. The van der Waals surface area contributed by atoms with Gasteiger partial charge < -0.3 is 14.7 Å². The fraction of sp³-hybridized carbons (Fsp3) is 0.407. The number of hydrogen-bond acceptors (Lipinski definition) is 5. The van der Waals surface area contributed by atoms with Crippen molar-refractivity contribution in [3.05, 3.63) is 64.3 Å². The molecule has 1 aliphatic heterocycles. The first-order valence-electron chi connectivity index (χ1n) is 12.0. The number of alkyl halides is 1. The van der Waals surface area contributed by atoms with Crippen molar-refractivity contribution < 1.29 is 19.0 Å². The topological polar surface area (TPSA) is 62.7 Å². The van der Waals surface area contributed by atoms with Crippen LogP contribution in [0.15, 0.2) is 53.6 Å². The highest BCUT2D eigenvalue weighted by molar-refractivity contribution is 7.99. The highest BCUT2D eigenvalue weighted by Crippen LogP contribution is 2.37. The summed E-state index contributed by atoms with van der Waals surface area (Å²) in [6, 6.07) is 12.6. The van der Waals surface area contributed by atoms with Gasteiger partial charge in [-0.05, 0) is 73.7 Å². The maximum Gasteiger partial charge on any atom is 0.308 e. The number of carboxylic acid groups (broad SMARTS) is 1. The van der Waals surface area contributed by atoms with Crippen LogP contribution in [0.25, 0.3) is 10.9 Å². The molecule has 0 aliphatic carbocycles. The van der Waals surface area contributed by atoms with Crippen molar-refractivity contribution >= 4 is 51.8 Å². The molecule has 4 rings (SSSR count). The van der Waals surface area contributed by atoms with Crippen molar-refractivity contribution in [2.45, 2.75) is 30.3 Å². The average molecular weight is 552 g/mol. The van der Waals surface area contributed by atoms with Gasteiger partial charge in [-0.25, -0.2) is 4.39 Å². The zero-order chi connectivity index (χ0) is 25.7. The Morgan fingerprint density at radius 2 is 2.06 bits per heavy atom. The number of methoxy groups -OCH3 is 1. The summed E-state index contributed by atoms with van der Waals surface area (Å²) in [6.45, 7) is 1.99. The van der Waals surface area contributed by atoms with Gasteiger partial charge in [0, 0.05) is 35.3 Å². The molecule has 5 nitrogen and oxygen atoms in total. The summed E-state index contributed by atoms with van der Waals surface area (Å²) >= 11 is 14.1. The quantitative estimate of drug-likeness (QED) is 0.270. The van der Waals surface area contributed by atoms with Crippen LogP contribution in [0.3, 0.4) is 0 Å². The Hall–Kier alpha value is -2.06. The van der Waals surface area contributed by atoms with Gasteiger partial charge in [0.15, 0.2) is 0 Å². The van der Waals surface area contributed by atoms with Crippen molar-refractivity contribution in [2.75, 3.05) is 32.5 Å². The third-order valence-electron chi connectivity index (χ3n) is 6.84. The van der Waals surface area contributed by atoms with E-state index in [-0.39, 0.29) is 12.3 Å². The molecule has 2 heterocycles. The van der Waals surface area contributed by atoms with Gasteiger partial charge in [0.25, 0.3) is 0 Å². The van der Waals surface area contributed by atoms with E-state index in [0.717, 1.165) is 35.5 Å². The van der Waals surface area contributed by atoms with Gasteiger partial charge in [0.05, 0.1) is 28.6 Å². The van der Waals surface area contributed by atoms with Gasteiger partial charge in [-0.1, -0.05) is 29.3 Å². The molecule has 1 saturated heterocycles. The SMILES string of the molecule is COc1ccc2nccc(C(F)CC[C@@H]3CCN(CCSc4c(Cl)cccc4Cl)C[C@@H]3C(=O)O)c2c1. The monoisotopic (exact) mass is 550 g/mol. The lowest BCUT2D eigenvalue weighted by molar-refractivity contribution is -0.146. The first-order valence-corrected chi connectivity index (χ1v) is 13.7. The molecule has 3 aromatic rings. The van der Waals surface area contributed by atoms with Crippen molar-refractivity contribution in [1.29, 1.82) is 0 Å². The fourth-order valence-electron chi connectivity index (χ4n) is 4.86. The molecule has 3 atom stereocenters. The summed E-state index contributed by atoms with van der Waals surface area (Å²) in [4.78, 5) is 19.4. The van der Waals surface area contributed by atoms with E-state index >= 15 is 4.39 Å². The van der Waals surface area contributed by atoms with Crippen LogP contribution in [-0.4, -0.2) is 53.5 Å². The summed E-state index contributed by atoms with van der Waals surface area (Å²) in [5, 5.41) is 11.9. The number of carbonyl (C=O) groups is 1. The number of piperidine rings is 1. The molecule has 192 valence electrons. The molecule has 1 N–H and O–H groups in total. The first-order chi connectivity index (χ1) is 17.4. The van der Waals surface area contributed by atoms with Gasteiger partial charge in [0.2, 0.25) is 0 Å². The Morgan fingerprint density at radius 1 is 1.28 bits per heavy atom. The number of fused-ring (bicyclic) bond motifs is 1. The maximum atomic E-state index is 15.4. The van der Waals surface area contributed by atoms with Crippen LogP contribution in [0.4, 0.5) is 4.39 Å². The third-order valence-corrected chi connectivity index (χ3v) is 8.81. The van der Waals surface area contributed by atoms with Crippen molar-refractivity contribution in [2.24, 2.45) is 11.8 Å². The second kappa shape index (κ2) is 12.5. The molecule has 0 spiro atoms. The van der Waals surface area contributed by atoms with Crippen molar-refractivity contribution in [3.63, 3.8) is 0 Å². The molecule has 1 fully saturated rings. The van der Waals surface area contributed by atoms with E-state index in [1.807, 2.05) is 24.3 Å². The standard InChI is InChI=1S/C27H29Cl2FN2O3S/c1-35-18-6-8-25-20(15-18)19(9-11-31-25)24(30)7-5-17-10-12-32(16-21(17)27(33)34)13-14-36-26-22(28)3-2-4-23(26)29/h2-4,6,8-9,11,15,17,21,24H,5,7,10,12-14,16H2,1H3,(H,33,34)/t17-,21+,24?/m1/s1. The Balaban J connectivity index is 1.34. The van der Waals surface area contributed by atoms with E-state index in [0.29, 0.717) is 39.8 Å². The van der Waals surface area contributed by atoms with E-state index in [1.165, 1.54) is 0 Å². The molecule has 2 aromatic carbocycles. The molecule has 0 amide bonds. The number of hydrogen-bond donors (Lipinski definition) is 1. The van der Waals surface area contributed by atoms with Crippen molar-refractivity contribution in [1.82, 2.24) is 9.88 Å². The maximum absolute atomic E-state index is 15.4. The number of ether oxygens (including phenoxy) is 1. The predicted molar refractivity (Wildman–Crippen MR) is 144 cm³/mol. The van der Waals surface area contributed by atoms with Crippen molar-refractivity contribution in [3.8, 4) is 5.75 Å². The Labute approximate surface area is 224 Å². The number of halogens is 3. The summed E-state index contributed by atoms with van der Waals surface area (Å²) in [6.07, 6.45) is 1.93. The number of aliphatic carboxylic acids is 1. The van der Waals surface area contributed by atoms with Gasteiger partial charge in [-0.15, -0.1) is 11.8 Å². The van der Waals surface area contributed by atoms with E-state index < -0.39 is 18.1 Å². The summed E-state index contributed by atoms with van der Waals surface area (Å²) in [5.74, 6) is 0.00339. The lowest BCUT2D eigenvalue weighted by Gasteiger charge is -2.36. The average Bonchev–Trinajstić information content (AvgIpc) is 2.88. The summed E-state index contributed by atoms with van der Waals surface area (Å²) < 4.78 is 20.7. The molecule has 1 aromatic heterocycles. The molecule has 1 unspecified atom stereocenters. The lowest BCUT2D eigenvalue weighted by Crippen LogP contribution is -2.44. The second-order valence-electron chi connectivity index (χ2n) is 9.02. The van der Waals surface area contributed by atoms with Crippen LogP contribution in [0, 0.1) is 11.8 Å². The molecule has 0 saturated carbocycles. The molecule has 36 heavy (non-hydrogen) atoms. The van der Waals surface area contributed by atoms with Gasteiger partial charge >= 0.3 is 5.97 Å². The largest absolute Gasteiger partial charge is 0.497 e. The normalized spacial score (nSPS) is 19.3. The predicted octanol–water partition coefficient (Wildman–Crippen LogP) is 7.16. The number of likely N-dealkylation sites (tertiary alicyclic amines) is 1. The highest BCUT2D eigenvalue weighted by atomic mass is 35.5. The van der Waals surface area contributed by atoms with E-state index in [2.05, 4.69) is 9.88 Å². The molecular weight excluding hydrogens is 522 g/mol. The first kappa shape index (κ1) is 27.0. The number of pyridine rings is 1. The minimum atomic E-state index is -1.20.